The van der Waals surface area contributed by atoms with Gasteiger partial charge in [0, 0.05) is 0 Å². The fraction of sp³-hybridized carbons (Fsp3) is 0.714. The van der Waals surface area contributed by atoms with Gasteiger partial charge in [-0.15, -0.1) is 0 Å². The van der Waals surface area contributed by atoms with Gasteiger partial charge in [-0.1, -0.05) is 38.0 Å². The van der Waals surface area contributed by atoms with E-state index in [1.807, 2.05) is 27.7 Å². The Morgan fingerprint density at radius 1 is 0.600 bits per heavy atom. The van der Waals surface area contributed by atoms with E-state index < -0.39 is 0 Å². The van der Waals surface area contributed by atoms with E-state index in [1.165, 1.54) is 0 Å². The second-order valence-electron chi connectivity index (χ2n) is 4.16. The van der Waals surface area contributed by atoms with Gasteiger partial charge >= 0.3 is 0 Å². The fourth-order valence-corrected chi connectivity index (χ4v) is 1.85. The Kier molecular flexibility index (Phi) is 10.2. The van der Waals surface area contributed by atoms with Crippen molar-refractivity contribution in [1.29, 1.82) is 0 Å². The van der Waals surface area contributed by atoms with Gasteiger partial charge in [-0.2, -0.15) is 0 Å². The van der Waals surface area contributed by atoms with Crippen LogP contribution >= 0.6 is 0 Å². The molecule has 0 heterocycles. The molecule has 0 saturated carbocycles. The van der Waals surface area contributed by atoms with Gasteiger partial charge in [0.25, 0.3) is 0 Å². The standard InChI is InChI=1S/C14H26N4O2/c1-5-11(13(7-3)17-19)15-9-10-16-12(6-2)14(8-4)18-20/h19-20H,5-10H2,1-4H3. The summed E-state index contributed by atoms with van der Waals surface area (Å²) >= 11 is 0. The molecule has 2 N–H and O–H groups in total. The molecule has 0 aromatic rings. The van der Waals surface area contributed by atoms with Crippen molar-refractivity contribution < 1.29 is 10.4 Å². The van der Waals surface area contributed by atoms with E-state index in [0.29, 0.717) is 37.4 Å². The first-order valence-corrected chi connectivity index (χ1v) is 7.17. The third kappa shape index (κ3) is 5.95. The lowest BCUT2D eigenvalue weighted by Gasteiger charge is -2.05. The van der Waals surface area contributed by atoms with Crippen LogP contribution in [0.25, 0.3) is 0 Å². The first-order valence-electron chi connectivity index (χ1n) is 7.17. The molecule has 0 bridgehead atoms. The van der Waals surface area contributed by atoms with Gasteiger partial charge in [0.2, 0.25) is 0 Å². The van der Waals surface area contributed by atoms with Gasteiger partial charge in [0.05, 0.1) is 24.5 Å². The van der Waals surface area contributed by atoms with Crippen molar-refractivity contribution >= 4 is 22.8 Å². The first kappa shape index (κ1) is 18.3. The zero-order chi connectivity index (χ0) is 15.4. The van der Waals surface area contributed by atoms with Crippen molar-refractivity contribution in [3.05, 3.63) is 0 Å². The van der Waals surface area contributed by atoms with E-state index in [9.17, 15) is 0 Å². The summed E-state index contributed by atoms with van der Waals surface area (Å²) in [6, 6.07) is 0. The Labute approximate surface area is 121 Å². The Balaban J connectivity index is 4.69. The quantitative estimate of drug-likeness (QED) is 0.294. The third-order valence-corrected chi connectivity index (χ3v) is 2.95. The van der Waals surface area contributed by atoms with Crippen LogP contribution in [0, 0.1) is 0 Å². The van der Waals surface area contributed by atoms with E-state index in [4.69, 9.17) is 10.4 Å². The van der Waals surface area contributed by atoms with Crippen LogP contribution in [0.3, 0.4) is 0 Å². The van der Waals surface area contributed by atoms with E-state index in [2.05, 4.69) is 20.3 Å². The van der Waals surface area contributed by atoms with Crippen molar-refractivity contribution in [1.82, 2.24) is 0 Å². The smallest absolute Gasteiger partial charge is 0.100 e. The lowest BCUT2D eigenvalue weighted by atomic mass is 10.1. The summed E-state index contributed by atoms with van der Waals surface area (Å²) in [5.41, 5.74) is 2.88. The molecule has 0 fully saturated rings. The van der Waals surface area contributed by atoms with Gasteiger partial charge in [0.15, 0.2) is 0 Å². The fourth-order valence-electron chi connectivity index (χ4n) is 1.85. The minimum absolute atomic E-state index is 0.536. The van der Waals surface area contributed by atoms with Crippen LogP contribution < -0.4 is 0 Å². The highest BCUT2D eigenvalue weighted by molar-refractivity contribution is 6.42. The van der Waals surface area contributed by atoms with Crippen LogP contribution in [0.15, 0.2) is 20.3 Å². The van der Waals surface area contributed by atoms with Gasteiger partial charge in [-0.3, -0.25) is 9.98 Å². The van der Waals surface area contributed by atoms with Crippen LogP contribution in [0.5, 0.6) is 0 Å². The van der Waals surface area contributed by atoms with Crippen LogP contribution in [0.4, 0.5) is 0 Å². The van der Waals surface area contributed by atoms with Crippen molar-refractivity contribution in [2.75, 3.05) is 13.1 Å². The van der Waals surface area contributed by atoms with Crippen LogP contribution in [-0.4, -0.2) is 46.4 Å². The molecule has 114 valence electrons. The topological polar surface area (TPSA) is 89.9 Å². The lowest BCUT2D eigenvalue weighted by Crippen LogP contribution is -2.15. The van der Waals surface area contributed by atoms with Crippen LogP contribution in [0.1, 0.15) is 53.4 Å². The SMILES string of the molecule is CCC(=NO)C(CC)=NCCN=C(CC)C(CC)=NO. The summed E-state index contributed by atoms with van der Waals surface area (Å²) in [6.07, 6.45) is 2.78. The molecule has 0 aliphatic carbocycles. The highest BCUT2D eigenvalue weighted by Crippen LogP contribution is 1.98. The van der Waals surface area contributed by atoms with E-state index in [0.717, 1.165) is 24.3 Å². The molecule has 0 aromatic carbocycles. The minimum Gasteiger partial charge on any atom is -0.411 e. The molecule has 20 heavy (non-hydrogen) atoms. The molecule has 0 rings (SSSR count). The molecule has 0 unspecified atom stereocenters. The Hall–Kier alpha value is -1.72. The molecular weight excluding hydrogens is 256 g/mol. The van der Waals surface area contributed by atoms with Crippen molar-refractivity contribution in [3.63, 3.8) is 0 Å². The maximum Gasteiger partial charge on any atom is 0.100 e. The molecule has 0 amide bonds. The van der Waals surface area contributed by atoms with Crippen molar-refractivity contribution in [2.45, 2.75) is 53.4 Å². The summed E-state index contributed by atoms with van der Waals surface area (Å²) in [5.74, 6) is 0. The van der Waals surface area contributed by atoms with Crippen molar-refractivity contribution in [2.24, 2.45) is 20.3 Å². The van der Waals surface area contributed by atoms with E-state index >= 15 is 0 Å². The molecular formula is C14H26N4O2. The minimum atomic E-state index is 0.536. The molecule has 0 radical (unpaired) electrons. The maximum absolute atomic E-state index is 8.88. The van der Waals surface area contributed by atoms with Gasteiger partial charge < -0.3 is 10.4 Å². The number of hydrogen-bond donors (Lipinski definition) is 2. The van der Waals surface area contributed by atoms with Crippen LogP contribution in [-0.2, 0) is 0 Å². The average Bonchev–Trinajstić information content (AvgIpc) is 2.49. The van der Waals surface area contributed by atoms with Crippen molar-refractivity contribution in [3.8, 4) is 0 Å². The highest BCUT2D eigenvalue weighted by Gasteiger charge is 2.06. The Bertz CT molecular complexity index is 360. The molecule has 0 aliphatic heterocycles. The summed E-state index contributed by atoms with van der Waals surface area (Å²) in [7, 11) is 0. The monoisotopic (exact) mass is 282 g/mol. The van der Waals surface area contributed by atoms with E-state index in [-0.39, 0.29) is 0 Å². The third-order valence-electron chi connectivity index (χ3n) is 2.95. The summed E-state index contributed by atoms with van der Waals surface area (Å²) in [5, 5.41) is 24.3. The summed E-state index contributed by atoms with van der Waals surface area (Å²) in [6.45, 7) is 8.89. The molecule has 0 spiro atoms. The maximum atomic E-state index is 8.88. The predicted octanol–water partition coefficient (Wildman–Crippen LogP) is 3.17. The average molecular weight is 282 g/mol. The largest absolute Gasteiger partial charge is 0.411 e. The van der Waals surface area contributed by atoms with Gasteiger partial charge in [-0.25, -0.2) is 0 Å². The Morgan fingerprint density at radius 2 is 0.900 bits per heavy atom. The number of aliphatic imine (C=N–C) groups is 2. The number of rotatable bonds is 9. The zero-order valence-electron chi connectivity index (χ0n) is 12.9. The summed E-state index contributed by atoms with van der Waals surface area (Å²) < 4.78 is 0. The summed E-state index contributed by atoms with van der Waals surface area (Å²) in [4.78, 5) is 8.84. The number of oxime groups is 2. The molecule has 0 saturated heterocycles. The van der Waals surface area contributed by atoms with E-state index in [1.54, 1.807) is 0 Å². The molecule has 0 atom stereocenters. The molecule has 6 nitrogen and oxygen atoms in total. The predicted molar refractivity (Wildman–Crippen MR) is 84.2 cm³/mol. The normalized spacial score (nSPS) is 14.8. The first-order chi connectivity index (χ1) is 9.68. The Morgan fingerprint density at radius 3 is 1.10 bits per heavy atom. The molecule has 0 aromatic heterocycles. The number of hydrogen-bond acceptors (Lipinski definition) is 6. The second kappa shape index (κ2) is 11.1. The number of nitrogens with zero attached hydrogens (tertiary/aromatic N) is 4. The lowest BCUT2D eigenvalue weighted by molar-refractivity contribution is 0.318. The zero-order valence-corrected chi connectivity index (χ0v) is 12.9. The van der Waals surface area contributed by atoms with Crippen LogP contribution in [0.2, 0.25) is 0 Å². The second-order valence-corrected chi connectivity index (χ2v) is 4.16. The molecule has 0 aliphatic rings. The van der Waals surface area contributed by atoms with Gasteiger partial charge in [0.1, 0.15) is 11.4 Å². The highest BCUT2D eigenvalue weighted by atomic mass is 16.4. The van der Waals surface area contributed by atoms with Gasteiger partial charge in [-0.05, 0) is 25.7 Å². The molecule has 6 heteroatoms.